The van der Waals surface area contributed by atoms with Gasteiger partial charge in [-0.25, -0.2) is 4.79 Å². The van der Waals surface area contributed by atoms with E-state index in [0.717, 1.165) is 4.88 Å². The van der Waals surface area contributed by atoms with Gasteiger partial charge in [-0.3, -0.25) is 0 Å². The summed E-state index contributed by atoms with van der Waals surface area (Å²) in [7, 11) is 1.42. The first kappa shape index (κ1) is 20.3. The lowest BCUT2D eigenvalue weighted by Crippen LogP contribution is -1.96. The Morgan fingerprint density at radius 1 is 0.889 bits per heavy atom. The Kier molecular flexibility index (Phi) is 7.68. The molecule has 0 aliphatic heterocycles. The Labute approximate surface area is 173 Å². The average Bonchev–Trinajstić information content (AvgIpc) is 3.43. The molecule has 0 atom stereocenters. The molecule has 0 aliphatic rings. The van der Waals surface area contributed by atoms with Gasteiger partial charge in [0.2, 0.25) is 0 Å². The van der Waals surface area contributed by atoms with Crippen LogP contribution in [0, 0.1) is 0 Å². The van der Waals surface area contributed by atoms with Gasteiger partial charge in [-0.1, -0.05) is 39.0 Å². The van der Waals surface area contributed by atoms with Gasteiger partial charge in [-0.05, 0) is 54.1 Å². The van der Waals surface area contributed by atoms with E-state index in [1.807, 2.05) is 23.5 Å². The van der Waals surface area contributed by atoms with Gasteiger partial charge in [0.1, 0.15) is 4.88 Å². The van der Waals surface area contributed by atoms with Gasteiger partial charge in [-0.15, -0.1) is 34.0 Å². The maximum absolute atomic E-state index is 11.6. The van der Waals surface area contributed by atoms with Crippen molar-refractivity contribution in [3.63, 3.8) is 0 Å². The molecule has 0 spiro atoms. The van der Waals surface area contributed by atoms with Gasteiger partial charge in [-0.2, -0.15) is 0 Å². The summed E-state index contributed by atoms with van der Waals surface area (Å²) in [6, 6.07) is 10.5. The highest BCUT2D eigenvalue weighted by atomic mass is 32.1. The van der Waals surface area contributed by atoms with E-state index in [0.29, 0.717) is 4.88 Å². The topological polar surface area (TPSA) is 26.3 Å². The summed E-state index contributed by atoms with van der Waals surface area (Å²) in [6.45, 7) is 2.26. The van der Waals surface area contributed by atoms with Crippen molar-refractivity contribution in [2.24, 2.45) is 0 Å². The number of carbonyl (C=O) groups excluding carboxylic acids is 1. The Hall–Kier alpha value is -1.43. The van der Waals surface area contributed by atoms with Crippen LogP contribution in [-0.4, -0.2) is 13.1 Å². The number of esters is 1. The largest absolute Gasteiger partial charge is 0.465 e. The van der Waals surface area contributed by atoms with Gasteiger partial charge in [0.05, 0.1) is 7.11 Å². The zero-order valence-electron chi connectivity index (χ0n) is 16.0. The zero-order chi connectivity index (χ0) is 19.1. The molecule has 144 valence electrons. The van der Waals surface area contributed by atoms with Crippen LogP contribution >= 0.6 is 34.0 Å². The molecule has 3 aromatic heterocycles. The van der Waals surface area contributed by atoms with Crippen molar-refractivity contribution >= 4 is 40.0 Å². The molecule has 0 N–H and O–H groups in total. The van der Waals surface area contributed by atoms with Crippen LogP contribution in [0.4, 0.5) is 0 Å². The second-order valence-corrected chi connectivity index (χ2v) is 9.74. The summed E-state index contributed by atoms with van der Waals surface area (Å²) < 4.78 is 4.80. The average molecular weight is 419 g/mol. The van der Waals surface area contributed by atoms with E-state index >= 15 is 0 Å². The van der Waals surface area contributed by atoms with Crippen molar-refractivity contribution in [1.82, 2.24) is 0 Å². The van der Waals surface area contributed by atoms with Crippen molar-refractivity contribution in [1.29, 1.82) is 0 Å². The van der Waals surface area contributed by atoms with Gasteiger partial charge in [0, 0.05) is 19.5 Å². The van der Waals surface area contributed by atoms with Crippen molar-refractivity contribution in [3.8, 4) is 19.5 Å². The first-order valence-corrected chi connectivity index (χ1v) is 12.1. The molecule has 3 rings (SSSR count). The molecule has 0 radical (unpaired) electrons. The first-order chi connectivity index (χ1) is 13.2. The van der Waals surface area contributed by atoms with E-state index in [1.165, 1.54) is 83.6 Å². The molecule has 0 saturated heterocycles. The maximum Gasteiger partial charge on any atom is 0.348 e. The minimum atomic E-state index is -0.263. The van der Waals surface area contributed by atoms with E-state index in [9.17, 15) is 4.79 Å². The molecule has 0 aliphatic carbocycles. The minimum absolute atomic E-state index is 0.263. The van der Waals surface area contributed by atoms with Crippen molar-refractivity contribution in [2.75, 3.05) is 7.11 Å². The normalized spacial score (nSPS) is 11.0. The maximum atomic E-state index is 11.6. The monoisotopic (exact) mass is 418 g/mol. The summed E-state index contributed by atoms with van der Waals surface area (Å²) in [5, 5.41) is 2.31. The third kappa shape index (κ3) is 5.53. The molecule has 0 amide bonds. The highest BCUT2D eigenvalue weighted by Gasteiger charge is 2.13. The van der Waals surface area contributed by atoms with Gasteiger partial charge in [0.15, 0.2) is 0 Å². The number of ether oxygens (including phenoxy) is 1. The number of rotatable bonds is 10. The molecule has 5 heteroatoms. The number of methoxy groups -OCH3 is 1. The smallest absolute Gasteiger partial charge is 0.348 e. The van der Waals surface area contributed by atoms with Crippen LogP contribution in [0.2, 0.25) is 0 Å². The third-order valence-corrected chi connectivity index (χ3v) is 8.08. The van der Waals surface area contributed by atoms with Crippen LogP contribution < -0.4 is 0 Å². The molecular formula is C22H26O2S3. The molecule has 0 aromatic carbocycles. The standard InChI is InChI=1S/C22H26O2S3/c1-3-4-5-6-7-8-9-16-14-21(25-15-16)19-11-10-17(26-19)18-12-13-20(27-18)22(23)24-2/h10-15H,3-9H2,1-2H3. The number of hydrogen-bond donors (Lipinski definition) is 0. The summed E-state index contributed by atoms with van der Waals surface area (Å²) in [5.41, 5.74) is 1.46. The number of hydrogen-bond acceptors (Lipinski definition) is 5. The van der Waals surface area contributed by atoms with Gasteiger partial charge < -0.3 is 4.74 Å². The summed E-state index contributed by atoms with van der Waals surface area (Å²) in [6.07, 6.45) is 9.25. The molecule has 0 unspecified atom stereocenters. The number of unbranched alkanes of at least 4 members (excludes halogenated alkanes) is 5. The Morgan fingerprint density at radius 3 is 2.33 bits per heavy atom. The van der Waals surface area contributed by atoms with Crippen LogP contribution in [0.15, 0.2) is 35.7 Å². The predicted octanol–water partition coefficient (Wildman–Crippen LogP) is 7.89. The number of aryl methyl sites for hydroxylation is 1. The van der Waals surface area contributed by atoms with Gasteiger partial charge >= 0.3 is 5.97 Å². The fourth-order valence-corrected chi connectivity index (χ4v) is 6.10. The lowest BCUT2D eigenvalue weighted by atomic mass is 10.1. The van der Waals surface area contributed by atoms with E-state index in [2.05, 4.69) is 30.5 Å². The zero-order valence-corrected chi connectivity index (χ0v) is 18.4. The first-order valence-electron chi connectivity index (χ1n) is 9.57. The highest BCUT2D eigenvalue weighted by molar-refractivity contribution is 7.26. The quantitative estimate of drug-likeness (QED) is 0.247. The lowest BCUT2D eigenvalue weighted by Gasteiger charge is -1.99. The van der Waals surface area contributed by atoms with E-state index in [4.69, 9.17) is 4.74 Å². The summed E-state index contributed by atoms with van der Waals surface area (Å²) >= 11 is 5.12. The molecule has 0 fully saturated rings. The molecule has 2 nitrogen and oxygen atoms in total. The van der Waals surface area contributed by atoms with E-state index in [-0.39, 0.29) is 5.97 Å². The van der Waals surface area contributed by atoms with E-state index < -0.39 is 0 Å². The molecule has 27 heavy (non-hydrogen) atoms. The Morgan fingerprint density at radius 2 is 1.56 bits per heavy atom. The number of thiophene rings is 3. The van der Waals surface area contributed by atoms with Crippen LogP contribution in [0.3, 0.4) is 0 Å². The second-order valence-electron chi connectivity index (χ2n) is 6.66. The van der Waals surface area contributed by atoms with Gasteiger partial charge in [0.25, 0.3) is 0 Å². The molecule has 3 aromatic rings. The third-order valence-electron chi connectivity index (χ3n) is 4.56. The number of carbonyl (C=O) groups is 1. The van der Waals surface area contributed by atoms with Crippen LogP contribution in [-0.2, 0) is 11.2 Å². The van der Waals surface area contributed by atoms with Crippen LogP contribution in [0.1, 0.15) is 60.7 Å². The highest BCUT2D eigenvalue weighted by Crippen LogP contribution is 2.40. The van der Waals surface area contributed by atoms with Crippen molar-refractivity contribution in [3.05, 3.63) is 46.2 Å². The molecule has 0 bridgehead atoms. The fraction of sp³-hybridized carbons (Fsp3) is 0.409. The van der Waals surface area contributed by atoms with E-state index in [1.54, 1.807) is 11.3 Å². The summed E-state index contributed by atoms with van der Waals surface area (Å²) in [4.78, 5) is 17.3. The predicted molar refractivity (Wildman–Crippen MR) is 119 cm³/mol. The minimum Gasteiger partial charge on any atom is -0.465 e. The fourth-order valence-electron chi connectivity index (χ4n) is 3.03. The van der Waals surface area contributed by atoms with Crippen LogP contribution in [0.5, 0.6) is 0 Å². The van der Waals surface area contributed by atoms with Crippen molar-refractivity contribution < 1.29 is 9.53 Å². The Balaban J connectivity index is 1.58. The SMILES string of the molecule is CCCCCCCCc1csc(-c2ccc(-c3ccc(C(=O)OC)s3)s2)c1. The lowest BCUT2D eigenvalue weighted by molar-refractivity contribution is 0.0606. The van der Waals surface area contributed by atoms with Crippen LogP contribution in [0.25, 0.3) is 19.5 Å². The molecular weight excluding hydrogens is 392 g/mol. The Bertz CT molecular complexity index is 856. The molecule has 3 heterocycles. The van der Waals surface area contributed by atoms with Crippen molar-refractivity contribution in [2.45, 2.75) is 51.9 Å². The second kappa shape index (κ2) is 10.2. The molecule has 0 saturated carbocycles. The summed E-state index contributed by atoms with van der Waals surface area (Å²) in [5.74, 6) is -0.263.